The van der Waals surface area contributed by atoms with Crippen molar-refractivity contribution in [2.24, 2.45) is 0 Å². The molecule has 1 aliphatic heterocycles. The maximum absolute atomic E-state index is 13.7. The fourth-order valence-corrected chi connectivity index (χ4v) is 9.14. The van der Waals surface area contributed by atoms with E-state index < -0.39 is 48.6 Å². The summed E-state index contributed by atoms with van der Waals surface area (Å²) in [5.74, 6) is -0.786. The lowest BCUT2D eigenvalue weighted by molar-refractivity contribution is -0.120. The number of carbonyl (C=O) groups excluding carboxylic acids is 1. The predicted molar refractivity (Wildman–Crippen MR) is 171 cm³/mol. The quantitative estimate of drug-likeness (QED) is 0.268. The molecule has 4 aromatic carbocycles. The Morgan fingerprint density at radius 2 is 1.29 bits per heavy atom. The molecule has 0 radical (unpaired) electrons. The molecule has 5 rings (SSSR count). The smallest absolute Gasteiger partial charge is 0.261 e. The number of carbonyl (C=O) groups is 1. The van der Waals surface area contributed by atoms with Gasteiger partial charge in [-0.25, -0.2) is 25.3 Å². The Morgan fingerprint density at radius 3 is 1.89 bits per heavy atom. The number of nitrogens with one attached hydrogen (secondary N) is 2. The lowest BCUT2D eigenvalue weighted by atomic mass is 10.2. The maximum Gasteiger partial charge on any atom is 0.261 e. The van der Waals surface area contributed by atoms with Gasteiger partial charge in [-0.15, -0.1) is 0 Å². The molecule has 1 heterocycles. The normalized spacial score (nSPS) is 16.6. The van der Waals surface area contributed by atoms with Gasteiger partial charge in [0.1, 0.15) is 6.04 Å². The van der Waals surface area contributed by atoms with E-state index in [1.807, 2.05) is 0 Å². The van der Waals surface area contributed by atoms with Crippen LogP contribution in [0.5, 0.6) is 0 Å². The van der Waals surface area contributed by atoms with Crippen LogP contribution >= 0.6 is 11.6 Å². The lowest BCUT2D eigenvalue weighted by Crippen LogP contribution is -2.60. The molecular formula is C30H29ClN4O7S3. The molecule has 0 aromatic heterocycles. The molecule has 0 unspecified atom stereocenters. The van der Waals surface area contributed by atoms with E-state index in [1.165, 1.54) is 48.5 Å². The number of sulfonamides is 3. The average Bonchev–Trinajstić information content (AvgIpc) is 3.04. The second kappa shape index (κ2) is 12.9. The van der Waals surface area contributed by atoms with Crippen molar-refractivity contribution in [1.29, 1.82) is 0 Å². The molecule has 236 valence electrons. The van der Waals surface area contributed by atoms with E-state index in [-0.39, 0.29) is 33.5 Å². The molecule has 2 N–H and O–H groups in total. The van der Waals surface area contributed by atoms with Crippen LogP contribution in [0.25, 0.3) is 0 Å². The third-order valence-corrected chi connectivity index (χ3v) is 12.9. The number of nitrogens with zero attached hydrogens (tertiary/aromatic N) is 2. The van der Waals surface area contributed by atoms with Gasteiger partial charge in [0.2, 0.25) is 26.0 Å². The molecule has 0 spiro atoms. The van der Waals surface area contributed by atoms with Crippen molar-refractivity contribution in [2.45, 2.75) is 27.7 Å². The number of hydrogen-bond donors (Lipinski definition) is 2. The number of rotatable bonds is 9. The van der Waals surface area contributed by atoms with Gasteiger partial charge in [-0.3, -0.25) is 9.52 Å². The molecule has 0 bridgehead atoms. The van der Waals surface area contributed by atoms with Gasteiger partial charge in [-0.2, -0.15) is 8.61 Å². The summed E-state index contributed by atoms with van der Waals surface area (Å²) in [7, 11) is -12.2. The molecule has 1 fully saturated rings. The number of amides is 1. The van der Waals surface area contributed by atoms with E-state index in [4.69, 9.17) is 11.6 Å². The van der Waals surface area contributed by atoms with Crippen LogP contribution in [0.1, 0.15) is 5.56 Å². The van der Waals surface area contributed by atoms with E-state index >= 15 is 0 Å². The van der Waals surface area contributed by atoms with Crippen molar-refractivity contribution in [3.63, 3.8) is 0 Å². The fraction of sp³-hybridized carbons (Fsp3) is 0.167. The number of piperazine rings is 1. The number of benzene rings is 4. The highest BCUT2D eigenvalue weighted by atomic mass is 35.5. The van der Waals surface area contributed by atoms with E-state index in [0.29, 0.717) is 16.3 Å². The minimum Gasteiger partial charge on any atom is -0.325 e. The minimum absolute atomic E-state index is 0.0156. The lowest BCUT2D eigenvalue weighted by Gasteiger charge is -2.38. The second-order valence-corrected chi connectivity index (χ2v) is 16.1. The van der Waals surface area contributed by atoms with E-state index in [2.05, 4.69) is 10.0 Å². The van der Waals surface area contributed by atoms with Gasteiger partial charge in [0.05, 0.1) is 20.4 Å². The first-order chi connectivity index (χ1) is 21.3. The van der Waals surface area contributed by atoms with Crippen LogP contribution in [0.4, 0.5) is 11.4 Å². The highest BCUT2D eigenvalue weighted by molar-refractivity contribution is 7.92. The van der Waals surface area contributed by atoms with Crippen LogP contribution in [0.15, 0.2) is 118 Å². The van der Waals surface area contributed by atoms with Crippen LogP contribution in [-0.4, -0.2) is 65.4 Å². The zero-order chi connectivity index (χ0) is 32.4. The zero-order valence-corrected chi connectivity index (χ0v) is 27.1. The van der Waals surface area contributed by atoms with Crippen LogP contribution in [0.2, 0.25) is 5.02 Å². The Labute approximate surface area is 267 Å². The third kappa shape index (κ3) is 6.90. The zero-order valence-electron chi connectivity index (χ0n) is 23.9. The van der Waals surface area contributed by atoms with Gasteiger partial charge in [-0.1, -0.05) is 54.1 Å². The molecule has 1 aliphatic rings. The molecule has 0 aliphatic carbocycles. The van der Waals surface area contributed by atoms with Crippen LogP contribution < -0.4 is 10.0 Å². The van der Waals surface area contributed by atoms with Gasteiger partial charge >= 0.3 is 0 Å². The number of hydrogen-bond acceptors (Lipinski definition) is 7. The van der Waals surface area contributed by atoms with Gasteiger partial charge < -0.3 is 5.32 Å². The fourth-order valence-electron chi connectivity index (χ4n) is 4.79. The molecule has 45 heavy (non-hydrogen) atoms. The summed E-state index contributed by atoms with van der Waals surface area (Å²) in [6.45, 7) is 0.800. The number of halogens is 1. The second-order valence-electron chi connectivity index (χ2n) is 10.2. The topological polar surface area (TPSA) is 150 Å². The number of anilines is 2. The maximum atomic E-state index is 13.7. The SMILES string of the molecule is Cc1c(Cl)cccc1NS(=O)(=O)c1ccc(NC(=O)[C@H]2CN(S(=O)(=O)c3ccccc3)CCN2S(=O)(=O)c2ccccc2)cc1. The Morgan fingerprint density at radius 1 is 0.711 bits per heavy atom. The summed E-state index contributed by atoms with van der Waals surface area (Å²) in [4.78, 5) is 13.6. The van der Waals surface area contributed by atoms with Crippen molar-refractivity contribution in [2.75, 3.05) is 29.7 Å². The summed E-state index contributed by atoms with van der Waals surface area (Å²) in [5.41, 5.74) is 1.04. The molecule has 1 saturated heterocycles. The Balaban J connectivity index is 1.40. The van der Waals surface area contributed by atoms with Crippen LogP contribution in [0.3, 0.4) is 0 Å². The van der Waals surface area contributed by atoms with Crippen molar-refractivity contribution in [3.05, 3.63) is 114 Å². The Hall–Kier alpha value is -3.79. The molecule has 1 amide bonds. The van der Waals surface area contributed by atoms with Crippen LogP contribution in [-0.2, 0) is 34.9 Å². The predicted octanol–water partition coefficient (Wildman–Crippen LogP) is 4.15. The van der Waals surface area contributed by atoms with Gasteiger partial charge in [-0.05, 0) is 73.2 Å². The van der Waals surface area contributed by atoms with Crippen molar-refractivity contribution < 1.29 is 30.0 Å². The van der Waals surface area contributed by atoms with Crippen molar-refractivity contribution in [3.8, 4) is 0 Å². The van der Waals surface area contributed by atoms with E-state index in [1.54, 1.807) is 61.5 Å². The van der Waals surface area contributed by atoms with Crippen LogP contribution in [0, 0.1) is 6.92 Å². The Bertz CT molecular complexity index is 2030. The van der Waals surface area contributed by atoms with E-state index in [9.17, 15) is 30.0 Å². The first kappa shape index (κ1) is 32.6. The standard InChI is InChI=1S/C30H29ClN4O7S3/c1-22-27(31)13-8-14-28(22)33-43(37,38)24-17-15-23(16-18-24)32-30(36)29-21-34(44(39,40)25-9-4-2-5-10-25)19-20-35(29)45(41,42)26-11-6-3-7-12-26/h2-18,29,33H,19-21H2,1H3,(H,32,36)/t29-/m1/s1. The first-order valence-corrected chi connectivity index (χ1v) is 18.4. The van der Waals surface area contributed by atoms with E-state index in [0.717, 1.165) is 8.61 Å². The largest absolute Gasteiger partial charge is 0.325 e. The molecule has 4 aromatic rings. The molecule has 15 heteroatoms. The first-order valence-electron chi connectivity index (χ1n) is 13.6. The third-order valence-electron chi connectivity index (χ3n) is 7.27. The molecule has 11 nitrogen and oxygen atoms in total. The van der Waals surface area contributed by atoms with Gasteiger partial charge in [0.15, 0.2) is 0 Å². The highest BCUT2D eigenvalue weighted by Crippen LogP contribution is 2.28. The summed E-state index contributed by atoms with van der Waals surface area (Å²) in [6, 6.07) is 23.9. The Kier molecular flexibility index (Phi) is 9.35. The van der Waals surface area contributed by atoms with Gasteiger partial charge in [0, 0.05) is 30.3 Å². The average molecular weight is 689 g/mol. The molecule has 1 atom stereocenters. The minimum atomic E-state index is -4.19. The summed E-state index contributed by atoms with van der Waals surface area (Å²) in [6.07, 6.45) is 0. The summed E-state index contributed by atoms with van der Waals surface area (Å²) >= 11 is 6.11. The monoisotopic (exact) mass is 688 g/mol. The summed E-state index contributed by atoms with van der Waals surface area (Å²) in [5, 5.41) is 3.02. The van der Waals surface area contributed by atoms with Gasteiger partial charge in [0.25, 0.3) is 10.0 Å². The summed E-state index contributed by atoms with van der Waals surface area (Å²) < 4.78 is 84.6. The molecular weight excluding hydrogens is 660 g/mol. The highest BCUT2D eigenvalue weighted by Gasteiger charge is 2.43. The van der Waals surface area contributed by atoms with Crippen molar-refractivity contribution in [1.82, 2.24) is 8.61 Å². The van der Waals surface area contributed by atoms with Crippen molar-refractivity contribution >= 4 is 59.0 Å². The molecule has 0 saturated carbocycles.